The molecule has 2 heterocycles. The number of amides is 3. The largest absolute Gasteiger partial charge is 0.404 e. The van der Waals surface area contributed by atoms with Crippen molar-refractivity contribution in [2.75, 3.05) is 44.6 Å². The van der Waals surface area contributed by atoms with Crippen molar-refractivity contribution < 1.29 is 22.8 Å². The van der Waals surface area contributed by atoms with Crippen molar-refractivity contribution in [1.82, 2.24) is 14.7 Å². The third-order valence-corrected chi connectivity index (χ3v) is 6.67. The van der Waals surface area contributed by atoms with E-state index >= 15 is 0 Å². The third kappa shape index (κ3) is 5.04. The van der Waals surface area contributed by atoms with E-state index in [-0.39, 0.29) is 51.7 Å². The molecule has 2 aliphatic rings. The average molecular weight is 475 g/mol. The molecule has 2 aliphatic heterocycles. The monoisotopic (exact) mass is 474 g/mol. The number of carbonyl (C=O) groups excluding carboxylic acids is 2. The molecule has 3 amide bonds. The molecular weight excluding hydrogens is 445 g/mol. The van der Waals surface area contributed by atoms with Crippen LogP contribution in [0.2, 0.25) is 0 Å². The Morgan fingerprint density at radius 1 is 0.941 bits per heavy atom. The lowest BCUT2D eigenvalue weighted by Gasteiger charge is -2.40. The van der Waals surface area contributed by atoms with Crippen LogP contribution in [0.1, 0.15) is 17.5 Å². The second-order valence-corrected chi connectivity index (χ2v) is 9.11. The highest BCUT2D eigenvalue weighted by Gasteiger charge is 2.64. The summed E-state index contributed by atoms with van der Waals surface area (Å²) in [5.74, 6) is -0.880. The number of halogens is 3. The summed E-state index contributed by atoms with van der Waals surface area (Å²) >= 11 is 0. The fraction of sp³-hybridized carbons (Fsp3) is 0.440. The molecule has 2 fully saturated rings. The van der Waals surface area contributed by atoms with Gasteiger partial charge in [0.1, 0.15) is 0 Å². The number of aryl methyl sites for hydroxylation is 1. The zero-order valence-corrected chi connectivity index (χ0v) is 19.1. The van der Waals surface area contributed by atoms with Gasteiger partial charge in [-0.3, -0.25) is 9.69 Å². The number of nitrogens with one attached hydrogen (secondary N) is 1. The second-order valence-electron chi connectivity index (χ2n) is 9.11. The van der Waals surface area contributed by atoms with E-state index in [9.17, 15) is 22.8 Å². The lowest BCUT2D eigenvalue weighted by Crippen LogP contribution is -2.59. The molecule has 34 heavy (non-hydrogen) atoms. The molecule has 182 valence electrons. The maximum Gasteiger partial charge on any atom is 0.404 e. The van der Waals surface area contributed by atoms with Gasteiger partial charge in [0.2, 0.25) is 5.91 Å². The van der Waals surface area contributed by atoms with Gasteiger partial charge in [0, 0.05) is 45.0 Å². The van der Waals surface area contributed by atoms with Gasteiger partial charge in [0.05, 0.1) is 0 Å². The van der Waals surface area contributed by atoms with Crippen LogP contribution < -0.4 is 5.32 Å². The van der Waals surface area contributed by atoms with Gasteiger partial charge in [-0.05, 0) is 43.1 Å². The minimum Gasteiger partial charge on any atom is -0.338 e. The molecule has 0 aliphatic carbocycles. The molecule has 2 saturated heterocycles. The lowest BCUT2D eigenvalue weighted by molar-refractivity contribution is -0.224. The Kier molecular flexibility index (Phi) is 6.84. The summed E-state index contributed by atoms with van der Waals surface area (Å²) in [5, 5.41) is 2.81. The van der Waals surface area contributed by atoms with E-state index in [1.165, 1.54) is 9.80 Å². The highest BCUT2D eigenvalue weighted by molar-refractivity contribution is 5.90. The Hall–Kier alpha value is -3.07. The summed E-state index contributed by atoms with van der Waals surface area (Å²) in [5.41, 5.74) is 0.169. The first-order chi connectivity index (χ1) is 16.2. The van der Waals surface area contributed by atoms with Gasteiger partial charge >= 0.3 is 12.2 Å². The van der Waals surface area contributed by atoms with E-state index < -0.39 is 17.5 Å². The fourth-order valence-electron chi connectivity index (χ4n) is 4.73. The van der Waals surface area contributed by atoms with E-state index in [0.29, 0.717) is 12.2 Å². The number of nitrogens with zero attached hydrogens (tertiary/aromatic N) is 3. The van der Waals surface area contributed by atoms with E-state index in [4.69, 9.17) is 0 Å². The first-order valence-corrected chi connectivity index (χ1v) is 11.4. The summed E-state index contributed by atoms with van der Waals surface area (Å²) in [7, 11) is 0. The molecule has 0 bridgehead atoms. The van der Waals surface area contributed by atoms with Crippen LogP contribution in [0.5, 0.6) is 0 Å². The highest BCUT2D eigenvalue weighted by atomic mass is 19.4. The summed E-state index contributed by atoms with van der Waals surface area (Å²) in [6.07, 6.45) is -4.90. The zero-order valence-electron chi connectivity index (χ0n) is 19.1. The molecule has 1 unspecified atom stereocenters. The van der Waals surface area contributed by atoms with Crippen LogP contribution in [0.15, 0.2) is 54.6 Å². The molecule has 9 heteroatoms. The molecule has 1 N–H and O–H groups in total. The Labute approximate surface area is 197 Å². The molecular formula is C25H29F3N4O2. The highest BCUT2D eigenvalue weighted by Crippen LogP contribution is 2.47. The van der Waals surface area contributed by atoms with Crippen LogP contribution in [-0.4, -0.2) is 72.1 Å². The Morgan fingerprint density at radius 2 is 1.62 bits per heavy atom. The number of benzene rings is 2. The molecule has 6 nitrogen and oxygen atoms in total. The number of anilines is 1. The molecule has 0 spiro atoms. The normalized spacial score (nSPS) is 21.5. The average Bonchev–Trinajstić information content (AvgIpc) is 3.24. The van der Waals surface area contributed by atoms with Crippen LogP contribution in [0.25, 0.3) is 0 Å². The Balaban J connectivity index is 1.38. The van der Waals surface area contributed by atoms with Gasteiger partial charge in [0.15, 0.2) is 5.41 Å². The Bertz CT molecular complexity index is 1020. The number of hydrogen-bond donors (Lipinski definition) is 1. The first-order valence-electron chi connectivity index (χ1n) is 11.4. The summed E-state index contributed by atoms with van der Waals surface area (Å²) in [6, 6.07) is 16.3. The molecule has 0 radical (unpaired) electrons. The number of rotatable bonds is 4. The number of hydrogen-bond acceptors (Lipinski definition) is 3. The van der Waals surface area contributed by atoms with Crippen LogP contribution in [0, 0.1) is 12.3 Å². The van der Waals surface area contributed by atoms with Gasteiger partial charge in [-0.15, -0.1) is 0 Å². The van der Waals surface area contributed by atoms with E-state index in [0.717, 1.165) is 11.1 Å². The number of alkyl halides is 3. The summed E-state index contributed by atoms with van der Waals surface area (Å²) in [6.45, 7) is 2.68. The van der Waals surface area contributed by atoms with E-state index in [2.05, 4.69) is 5.32 Å². The molecule has 1 atom stereocenters. The van der Waals surface area contributed by atoms with Crippen LogP contribution in [-0.2, 0) is 11.3 Å². The number of carbonyl (C=O) groups is 2. The van der Waals surface area contributed by atoms with Crippen molar-refractivity contribution in [2.45, 2.75) is 26.1 Å². The molecule has 0 aromatic heterocycles. The maximum absolute atomic E-state index is 14.3. The van der Waals surface area contributed by atoms with Crippen LogP contribution >= 0.6 is 0 Å². The van der Waals surface area contributed by atoms with Crippen molar-refractivity contribution >= 4 is 17.6 Å². The van der Waals surface area contributed by atoms with E-state index in [1.54, 1.807) is 11.0 Å². The van der Waals surface area contributed by atoms with Crippen molar-refractivity contribution in [3.8, 4) is 0 Å². The topological polar surface area (TPSA) is 55.9 Å². The third-order valence-electron chi connectivity index (χ3n) is 6.67. The summed E-state index contributed by atoms with van der Waals surface area (Å²) in [4.78, 5) is 30.3. The molecule has 4 rings (SSSR count). The minimum absolute atomic E-state index is 0.0799. The van der Waals surface area contributed by atoms with Crippen molar-refractivity contribution in [3.05, 3.63) is 65.7 Å². The number of piperazine rings is 1. The number of likely N-dealkylation sites (tertiary alicyclic amines) is 1. The fourth-order valence-corrected chi connectivity index (χ4v) is 4.73. The van der Waals surface area contributed by atoms with Gasteiger partial charge in [-0.2, -0.15) is 13.2 Å². The van der Waals surface area contributed by atoms with Crippen LogP contribution in [0.4, 0.5) is 23.7 Å². The van der Waals surface area contributed by atoms with Gasteiger partial charge < -0.3 is 15.1 Å². The van der Waals surface area contributed by atoms with Gasteiger partial charge in [-0.1, -0.05) is 42.5 Å². The number of urea groups is 1. The smallest absolute Gasteiger partial charge is 0.338 e. The predicted molar refractivity (Wildman–Crippen MR) is 123 cm³/mol. The van der Waals surface area contributed by atoms with Gasteiger partial charge in [0.25, 0.3) is 0 Å². The van der Waals surface area contributed by atoms with Crippen molar-refractivity contribution in [3.63, 3.8) is 0 Å². The molecule has 2 aromatic rings. The first kappa shape index (κ1) is 24.1. The maximum atomic E-state index is 14.3. The van der Waals surface area contributed by atoms with Crippen LogP contribution in [0.3, 0.4) is 0 Å². The second kappa shape index (κ2) is 9.66. The van der Waals surface area contributed by atoms with E-state index in [1.807, 2.05) is 55.5 Å². The molecule has 0 saturated carbocycles. The predicted octanol–water partition coefficient (Wildman–Crippen LogP) is 4.13. The zero-order chi connectivity index (χ0) is 24.3. The minimum atomic E-state index is -4.64. The quantitative estimate of drug-likeness (QED) is 0.725. The summed E-state index contributed by atoms with van der Waals surface area (Å²) < 4.78 is 42.8. The van der Waals surface area contributed by atoms with Gasteiger partial charge in [-0.25, -0.2) is 4.79 Å². The Morgan fingerprint density at radius 3 is 2.26 bits per heavy atom. The lowest BCUT2D eigenvalue weighted by atomic mass is 9.84. The van der Waals surface area contributed by atoms with Crippen molar-refractivity contribution in [1.29, 1.82) is 0 Å². The van der Waals surface area contributed by atoms with Crippen molar-refractivity contribution in [2.24, 2.45) is 5.41 Å². The molecule has 2 aromatic carbocycles. The SMILES string of the molecule is Cc1cccc(NC(=O)N2CCN(C(=O)C3(C(F)(F)F)CCN(Cc4ccccc4)C3)CC2)c1. The standard InChI is InChI=1S/C25H29F3N4O2/c1-19-6-5-9-21(16-19)29-23(34)32-14-12-31(13-15-32)22(33)24(25(26,27)28)10-11-30(18-24)17-20-7-3-2-4-8-20/h2-9,16H,10-15,17-18H2,1H3,(H,29,34).